The number of carboxylic acids is 1. The highest BCUT2D eigenvalue weighted by molar-refractivity contribution is 7.14. The van der Waals surface area contributed by atoms with Crippen molar-refractivity contribution in [2.24, 2.45) is 0 Å². The second-order valence-corrected chi connectivity index (χ2v) is 4.95. The van der Waals surface area contributed by atoms with Crippen molar-refractivity contribution in [3.05, 3.63) is 27.5 Å². The number of rotatable bonds is 6. The third-order valence-electron chi connectivity index (χ3n) is 2.47. The summed E-state index contributed by atoms with van der Waals surface area (Å²) in [4.78, 5) is 16.4. The fourth-order valence-electron chi connectivity index (χ4n) is 1.48. The van der Waals surface area contributed by atoms with Crippen LogP contribution < -0.4 is 4.74 Å². The lowest BCUT2D eigenvalue weighted by atomic mass is 10.3. The zero-order valence-electron chi connectivity index (χ0n) is 10.7. The molecule has 7 heteroatoms. The van der Waals surface area contributed by atoms with Gasteiger partial charge in [-0.3, -0.25) is 0 Å². The summed E-state index contributed by atoms with van der Waals surface area (Å²) in [6, 6.07) is 1.74. The van der Waals surface area contributed by atoms with Crippen LogP contribution in [0.4, 0.5) is 0 Å². The number of aryl methyl sites for hydroxylation is 2. The minimum absolute atomic E-state index is 0.0766. The van der Waals surface area contributed by atoms with Crippen molar-refractivity contribution in [3.63, 3.8) is 0 Å². The van der Waals surface area contributed by atoms with Crippen molar-refractivity contribution in [2.45, 2.75) is 33.3 Å². The molecule has 19 heavy (non-hydrogen) atoms. The Morgan fingerprint density at radius 1 is 1.47 bits per heavy atom. The van der Waals surface area contributed by atoms with Crippen LogP contribution in [0.1, 0.15) is 40.1 Å². The highest BCUT2D eigenvalue weighted by Gasteiger charge is 2.17. The molecule has 0 aromatic carbocycles. The van der Waals surface area contributed by atoms with Gasteiger partial charge in [-0.1, -0.05) is 19.0 Å². The van der Waals surface area contributed by atoms with Gasteiger partial charge < -0.3 is 14.4 Å². The van der Waals surface area contributed by atoms with Gasteiger partial charge in [-0.25, -0.2) is 4.79 Å². The number of nitrogens with zero attached hydrogens (tertiary/aromatic N) is 2. The topological polar surface area (TPSA) is 85.5 Å². The number of hydrogen-bond acceptors (Lipinski definition) is 6. The normalized spacial score (nSPS) is 10.6. The predicted octanol–water partition coefficient (Wildman–Crippen LogP) is 2.53. The third kappa shape index (κ3) is 3.11. The Hall–Kier alpha value is -1.89. The highest BCUT2D eigenvalue weighted by atomic mass is 32.1. The van der Waals surface area contributed by atoms with Crippen molar-refractivity contribution >= 4 is 17.3 Å². The van der Waals surface area contributed by atoms with E-state index in [2.05, 4.69) is 10.1 Å². The molecule has 0 unspecified atom stereocenters. The van der Waals surface area contributed by atoms with Crippen LogP contribution >= 0.6 is 11.3 Å². The van der Waals surface area contributed by atoms with Gasteiger partial charge in [0.25, 0.3) is 5.89 Å². The van der Waals surface area contributed by atoms with E-state index in [1.807, 2.05) is 13.8 Å². The van der Waals surface area contributed by atoms with E-state index in [-0.39, 0.29) is 11.5 Å². The molecule has 2 heterocycles. The number of aromatic carboxylic acids is 1. The van der Waals surface area contributed by atoms with Gasteiger partial charge in [0.15, 0.2) is 17.3 Å². The Morgan fingerprint density at radius 2 is 2.26 bits per heavy atom. The average molecular weight is 282 g/mol. The second kappa shape index (κ2) is 5.83. The van der Waals surface area contributed by atoms with Crippen LogP contribution in [0.5, 0.6) is 5.75 Å². The third-order valence-corrected chi connectivity index (χ3v) is 3.72. The molecular weight excluding hydrogens is 268 g/mol. The Bertz CT molecular complexity index is 576. The van der Waals surface area contributed by atoms with E-state index < -0.39 is 5.97 Å². The molecule has 0 bridgehead atoms. The maximum Gasteiger partial charge on any atom is 0.349 e. The van der Waals surface area contributed by atoms with Crippen molar-refractivity contribution < 1.29 is 19.2 Å². The summed E-state index contributed by atoms with van der Waals surface area (Å²) in [5.74, 6) is 0.319. The Labute approximate surface area is 114 Å². The number of thiophene rings is 1. The van der Waals surface area contributed by atoms with Gasteiger partial charge in [-0.2, -0.15) is 4.98 Å². The Morgan fingerprint density at radius 3 is 2.84 bits per heavy atom. The zero-order valence-corrected chi connectivity index (χ0v) is 11.5. The summed E-state index contributed by atoms with van der Waals surface area (Å²) in [5, 5.41) is 12.8. The molecular formula is C12H14N2O4S. The van der Waals surface area contributed by atoms with E-state index in [1.54, 1.807) is 6.07 Å². The monoisotopic (exact) mass is 282 g/mol. The van der Waals surface area contributed by atoms with Gasteiger partial charge in [0.1, 0.15) is 5.75 Å². The van der Waals surface area contributed by atoms with Crippen molar-refractivity contribution in [3.8, 4) is 5.75 Å². The SMILES string of the molecule is CCc1noc(COc2cc(CC)sc2C(=O)O)n1. The van der Waals surface area contributed by atoms with E-state index in [4.69, 9.17) is 14.4 Å². The lowest BCUT2D eigenvalue weighted by Gasteiger charge is -2.01. The number of hydrogen-bond donors (Lipinski definition) is 1. The zero-order chi connectivity index (χ0) is 13.8. The van der Waals surface area contributed by atoms with Crippen LogP contribution in [0.3, 0.4) is 0 Å². The molecule has 2 aromatic rings. The molecule has 0 aliphatic rings. The molecule has 102 valence electrons. The minimum Gasteiger partial charge on any atom is -0.482 e. The van der Waals surface area contributed by atoms with Gasteiger partial charge in [-0.15, -0.1) is 11.3 Å². The number of aromatic nitrogens is 2. The summed E-state index contributed by atoms with van der Waals surface area (Å²) < 4.78 is 10.4. The van der Waals surface area contributed by atoms with Gasteiger partial charge in [0, 0.05) is 11.3 Å². The van der Waals surface area contributed by atoms with Crippen LogP contribution in [0.25, 0.3) is 0 Å². The molecule has 0 atom stereocenters. The first kappa shape index (κ1) is 13.5. The molecule has 0 radical (unpaired) electrons. The van der Waals surface area contributed by atoms with Gasteiger partial charge in [-0.05, 0) is 12.5 Å². The summed E-state index contributed by atoms with van der Waals surface area (Å²) in [5.41, 5.74) is 0. The average Bonchev–Trinajstić information content (AvgIpc) is 3.02. The van der Waals surface area contributed by atoms with E-state index in [9.17, 15) is 4.79 Å². The lowest BCUT2D eigenvalue weighted by molar-refractivity contribution is 0.0697. The first-order chi connectivity index (χ1) is 9.13. The summed E-state index contributed by atoms with van der Waals surface area (Å²) in [6.45, 7) is 3.96. The maximum absolute atomic E-state index is 11.1. The van der Waals surface area contributed by atoms with E-state index in [0.29, 0.717) is 23.9 Å². The fourth-order valence-corrected chi connectivity index (χ4v) is 2.36. The van der Waals surface area contributed by atoms with Gasteiger partial charge in [0.05, 0.1) is 0 Å². The molecule has 6 nitrogen and oxygen atoms in total. The van der Waals surface area contributed by atoms with Gasteiger partial charge >= 0.3 is 5.97 Å². The molecule has 0 saturated heterocycles. The molecule has 2 aromatic heterocycles. The molecule has 0 aliphatic heterocycles. The van der Waals surface area contributed by atoms with Crippen molar-refractivity contribution in [1.29, 1.82) is 0 Å². The van der Waals surface area contributed by atoms with Crippen molar-refractivity contribution in [2.75, 3.05) is 0 Å². The molecule has 0 fully saturated rings. The summed E-state index contributed by atoms with van der Waals surface area (Å²) in [6.07, 6.45) is 1.46. The molecule has 1 N–H and O–H groups in total. The molecule has 0 saturated carbocycles. The van der Waals surface area contributed by atoms with Crippen LogP contribution in [0, 0.1) is 0 Å². The van der Waals surface area contributed by atoms with E-state index >= 15 is 0 Å². The smallest absolute Gasteiger partial charge is 0.349 e. The predicted molar refractivity (Wildman–Crippen MR) is 68.7 cm³/mol. The van der Waals surface area contributed by atoms with Gasteiger partial charge in [0.2, 0.25) is 0 Å². The van der Waals surface area contributed by atoms with E-state index in [1.165, 1.54) is 11.3 Å². The van der Waals surface area contributed by atoms with Crippen LogP contribution in [0.15, 0.2) is 10.6 Å². The quantitative estimate of drug-likeness (QED) is 0.876. The Balaban J connectivity index is 2.09. The molecule has 2 rings (SSSR count). The van der Waals surface area contributed by atoms with E-state index in [0.717, 1.165) is 11.3 Å². The minimum atomic E-state index is -0.987. The number of carboxylic acid groups (broad SMARTS) is 1. The molecule has 0 amide bonds. The maximum atomic E-state index is 11.1. The summed E-state index contributed by atoms with van der Waals surface area (Å²) in [7, 11) is 0. The number of ether oxygens (including phenoxy) is 1. The standard InChI is InChI=1S/C12H14N2O4S/c1-3-7-5-8(11(19-7)12(15)16)17-6-10-13-9(4-2)14-18-10/h5H,3-4,6H2,1-2H3,(H,15,16). The molecule has 0 spiro atoms. The largest absolute Gasteiger partial charge is 0.482 e. The molecule has 0 aliphatic carbocycles. The van der Waals surface area contributed by atoms with Crippen LogP contribution in [-0.4, -0.2) is 21.2 Å². The fraction of sp³-hybridized carbons (Fsp3) is 0.417. The van der Waals surface area contributed by atoms with Crippen LogP contribution in [0.2, 0.25) is 0 Å². The second-order valence-electron chi connectivity index (χ2n) is 3.81. The van der Waals surface area contributed by atoms with Crippen molar-refractivity contribution in [1.82, 2.24) is 10.1 Å². The summed E-state index contributed by atoms with van der Waals surface area (Å²) >= 11 is 1.22. The Kier molecular flexibility index (Phi) is 4.16. The first-order valence-electron chi connectivity index (χ1n) is 5.94. The number of carbonyl (C=O) groups is 1. The lowest BCUT2D eigenvalue weighted by Crippen LogP contribution is -2.00. The first-order valence-corrected chi connectivity index (χ1v) is 6.76. The highest BCUT2D eigenvalue weighted by Crippen LogP contribution is 2.30. The van der Waals surface area contributed by atoms with Crippen LogP contribution in [-0.2, 0) is 19.4 Å².